The van der Waals surface area contributed by atoms with Crippen molar-refractivity contribution in [2.45, 2.75) is 36.3 Å². The molecule has 2 aliphatic rings. The molecule has 0 saturated carbocycles. The van der Waals surface area contributed by atoms with Gasteiger partial charge in [0.05, 0.1) is 10.8 Å². The van der Waals surface area contributed by atoms with E-state index in [1.165, 1.54) is 23.5 Å². The quantitative estimate of drug-likeness (QED) is 0.802. The average Bonchev–Trinajstić information content (AvgIpc) is 2.66. The predicted molar refractivity (Wildman–Crippen MR) is 110 cm³/mol. The molecule has 8 heteroatoms. The Kier molecular flexibility index (Phi) is 6.93. The Morgan fingerprint density at radius 3 is 2.50 bits per heavy atom. The average molecular weight is 415 g/mol. The third-order valence-electron chi connectivity index (χ3n) is 4.73. The lowest BCUT2D eigenvalue weighted by Crippen LogP contribution is -2.49. The number of piperidine rings is 1. The van der Waals surface area contributed by atoms with Crippen LogP contribution in [0.3, 0.4) is 0 Å². The molecule has 2 heterocycles. The van der Waals surface area contributed by atoms with Crippen LogP contribution in [-0.2, 0) is 10.0 Å². The smallest absolute Gasteiger partial charge is 0.254 e. The van der Waals surface area contributed by atoms with E-state index < -0.39 is 10.0 Å². The van der Waals surface area contributed by atoms with Crippen LogP contribution in [0.2, 0.25) is 0 Å². The number of hydrogen-bond donors (Lipinski definition) is 1. The van der Waals surface area contributed by atoms with Crippen LogP contribution in [-0.4, -0.2) is 56.1 Å². The van der Waals surface area contributed by atoms with Gasteiger partial charge in [-0.1, -0.05) is 12.1 Å². The number of rotatable bonds is 5. The van der Waals surface area contributed by atoms with Gasteiger partial charge in [0.15, 0.2) is 0 Å². The summed E-state index contributed by atoms with van der Waals surface area (Å²) in [5.74, 6) is 2.39. The van der Waals surface area contributed by atoms with Gasteiger partial charge in [-0.25, -0.2) is 13.1 Å². The standard InChI is InChI=1S/C18H26N2O3S3/c1-26(22,23)19-13-16-5-2-3-10-20(16)17(21)14-6-8-15(9-7-14)18-24-11-4-12-25-18/h6-9,16,18-19H,2-5,10-13H2,1H3/t16-/m1/s1. The number of likely N-dealkylation sites (tertiary alicyclic amines) is 1. The van der Waals surface area contributed by atoms with E-state index in [1.807, 2.05) is 40.6 Å². The number of sulfonamides is 1. The zero-order valence-corrected chi connectivity index (χ0v) is 17.5. The first-order valence-corrected chi connectivity index (χ1v) is 13.0. The summed E-state index contributed by atoms with van der Waals surface area (Å²) in [5, 5.41) is 0. The second-order valence-electron chi connectivity index (χ2n) is 6.82. The highest BCUT2D eigenvalue weighted by Gasteiger charge is 2.28. The van der Waals surface area contributed by atoms with Gasteiger partial charge in [-0.05, 0) is 54.9 Å². The molecule has 3 rings (SSSR count). The maximum absolute atomic E-state index is 13.0. The fourth-order valence-electron chi connectivity index (χ4n) is 3.36. The van der Waals surface area contributed by atoms with Crippen molar-refractivity contribution < 1.29 is 13.2 Å². The minimum absolute atomic E-state index is 0.000464. The Morgan fingerprint density at radius 2 is 1.85 bits per heavy atom. The molecule has 0 bridgehead atoms. The zero-order chi connectivity index (χ0) is 18.6. The van der Waals surface area contributed by atoms with Crippen LogP contribution in [0.15, 0.2) is 24.3 Å². The van der Waals surface area contributed by atoms with E-state index in [0.717, 1.165) is 25.5 Å². The predicted octanol–water partition coefficient (Wildman–Crippen LogP) is 3.10. The van der Waals surface area contributed by atoms with Crippen LogP contribution in [0.4, 0.5) is 0 Å². The summed E-state index contributed by atoms with van der Waals surface area (Å²) in [5.41, 5.74) is 1.95. The number of amides is 1. The topological polar surface area (TPSA) is 66.5 Å². The van der Waals surface area contributed by atoms with Crippen LogP contribution in [0, 0.1) is 0 Å². The first kappa shape index (κ1) is 20.0. The molecule has 1 N–H and O–H groups in total. The minimum atomic E-state index is -3.25. The summed E-state index contributed by atoms with van der Waals surface area (Å²) in [7, 11) is -3.25. The molecule has 2 aliphatic heterocycles. The number of benzene rings is 1. The van der Waals surface area contributed by atoms with Gasteiger partial charge < -0.3 is 4.90 Å². The van der Waals surface area contributed by atoms with Crippen LogP contribution in [0.1, 0.15) is 46.2 Å². The molecule has 5 nitrogen and oxygen atoms in total. The summed E-state index contributed by atoms with van der Waals surface area (Å²) in [4.78, 5) is 14.8. The lowest BCUT2D eigenvalue weighted by Gasteiger charge is -2.36. The molecule has 26 heavy (non-hydrogen) atoms. The maximum Gasteiger partial charge on any atom is 0.254 e. The molecule has 1 aromatic rings. The molecule has 2 saturated heterocycles. The SMILES string of the molecule is CS(=O)(=O)NC[C@H]1CCCCN1C(=O)c1ccc(C2SCCCS2)cc1. The monoisotopic (exact) mass is 414 g/mol. The van der Waals surface area contributed by atoms with Gasteiger partial charge in [-0.2, -0.15) is 0 Å². The third kappa shape index (κ3) is 5.41. The van der Waals surface area contributed by atoms with E-state index >= 15 is 0 Å². The van der Waals surface area contributed by atoms with Crippen LogP contribution < -0.4 is 4.72 Å². The Morgan fingerprint density at radius 1 is 1.15 bits per heavy atom. The number of hydrogen-bond acceptors (Lipinski definition) is 5. The van der Waals surface area contributed by atoms with E-state index in [9.17, 15) is 13.2 Å². The fourth-order valence-corrected chi connectivity index (χ4v) is 6.75. The van der Waals surface area contributed by atoms with Crippen molar-refractivity contribution in [1.29, 1.82) is 0 Å². The summed E-state index contributed by atoms with van der Waals surface area (Å²) in [6, 6.07) is 7.90. The lowest BCUT2D eigenvalue weighted by molar-refractivity contribution is 0.0619. The summed E-state index contributed by atoms with van der Waals surface area (Å²) >= 11 is 3.94. The second kappa shape index (κ2) is 8.99. The Bertz CT molecular complexity index is 716. The normalized spacial score (nSPS) is 22.3. The molecule has 144 valence electrons. The van der Waals surface area contributed by atoms with E-state index in [0.29, 0.717) is 16.7 Å². The molecule has 0 unspecified atom stereocenters. The lowest BCUT2D eigenvalue weighted by atomic mass is 10.0. The number of nitrogens with one attached hydrogen (secondary N) is 1. The molecule has 0 spiro atoms. The van der Waals surface area contributed by atoms with Crippen molar-refractivity contribution in [2.75, 3.05) is 30.9 Å². The molecular formula is C18H26N2O3S3. The first-order valence-electron chi connectivity index (χ1n) is 9.03. The number of carbonyl (C=O) groups is 1. The molecule has 0 radical (unpaired) electrons. The number of nitrogens with zero attached hydrogens (tertiary/aromatic N) is 1. The van der Waals surface area contributed by atoms with Gasteiger partial charge in [0, 0.05) is 24.7 Å². The van der Waals surface area contributed by atoms with Crippen molar-refractivity contribution in [3.05, 3.63) is 35.4 Å². The third-order valence-corrected chi connectivity index (χ3v) is 8.43. The fraction of sp³-hybridized carbons (Fsp3) is 0.611. The Labute approximate surface area is 164 Å². The molecule has 0 aliphatic carbocycles. The van der Waals surface area contributed by atoms with Crippen molar-refractivity contribution in [1.82, 2.24) is 9.62 Å². The van der Waals surface area contributed by atoms with Crippen molar-refractivity contribution in [3.8, 4) is 0 Å². The molecule has 2 fully saturated rings. The van der Waals surface area contributed by atoms with E-state index in [2.05, 4.69) is 16.9 Å². The second-order valence-corrected chi connectivity index (χ2v) is 11.4. The van der Waals surface area contributed by atoms with Gasteiger partial charge in [0.2, 0.25) is 10.0 Å². The summed E-state index contributed by atoms with van der Waals surface area (Å²) in [6.45, 7) is 0.975. The van der Waals surface area contributed by atoms with Crippen molar-refractivity contribution in [3.63, 3.8) is 0 Å². The van der Waals surface area contributed by atoms with Crippen LogP contribution in [0.25, 0.3) is 0 Å². The number of thioether (sulfide) groups is 2. The first-order chi connectivity index (χ1) is 12.4. The summed E-state index contributed by atoms with van der Waals surface area (Å²) in [6.07, 6.45) is 5.24. The largest absolute Gasteiger partial charge is 0.334 e. The van der Waals surface area contributed by atoms with E-state index in [-0.39, 0.29) is 18.5 Å². The molecule has 1 aromatic carbocycles. The summed E-state index contributed by atoms with van der Waals surface area (Å²) < 4.78 is 25.8. The van der Waals surface area contributed by atoms with Crippen LogP contribution >= 0.6 is 23.5 Å². The highest BCUT2D eigenvalue weighted by atomic mass is 32.2. The molecule has 0 aromatic heterocycles. The molecular weight excluding hydrogens is 388 g/mol. The van der Waals surface area contributed by atoms with Gasteiger partial charge in [0.1, 0.15) is 0 Å². The van der Waals surface area contributed by atoms with Gasteiger partial charge in [-0.3, -0.25) is 4.79 Å². The number of carbonyl (C=O) groups excluding carboxylic acids is 1. The van der Waals surface area contributed by atoms with Gasteiger partial charge >= 0.3 is 0 Å². The van der Waals surface area contributed by atoms with E-state index in [1.54, 1.807) is 0 Å². The van der Waals surface area contributed by atoms with Gasteiger partial charge in [0.25, 0.3) is 5.91 Å². The van der Waals surface area contributed by atoms with Crippen LogP contribution in [0.5, 0.6) is 0 Å². The van der Waals surface area contributed by atoms with Crippen molar-refractivity contribution in [2.24, 2.45) is 0 Å². The Hall–Kier alpha value is -0.700. The molecule has 1 atom stereocenters. The van der Waals surface area contributed by atoms with Gasteiger partial charge in [-0.15, -0.1) is 23.5 Å². The Balaban J connectivity index is 1.67. The highest BCUT2D eigenvalue weighted by Crippen LogP contribution is 2.43. The molecule has 1 amide bonds. The van der Waals surface area contributed by atoms with E-state index in [4.69, 9.17) is 0 Å². The zero-order valence-electron chi connectivity index (χ0n) is 15.0. The minimum Gasteiger partial charge on any atom is -0.334 e. The highest BCUT2D eigenvalue weighted by molar-refractivity contribution is 8.16. The maximum atomic E-state index is 13.0. The van der Waals surface area contributed by atoms with Crippen molar-refractivity contribution >= 4 is 39.5 Å².